The fraction of sp³-hybridized carbons (Fsp3) is 0.250. The molecule has 0 saturated carbocycles. The highest BCUT2D eigenvalue weighted by molar-refractivity contribution is 7.99. The highest BCUT2D eigenvalue weighted by atomic mass is 32.2. The van der Waals surface area contributed by atoms with Gasteiger partial charge in [0.05, 0.1) is 4.92 Å². The molecule has 0 spiro atoms. The summed E-state index contributed by atoms with van der Waals surface area (Å²) in [5.41, 5.74) is -0.195. The van der Waals surface area contributed by atoms with E-state index >= 15 is 0 Å². The highest BCUT2D eigenvalue weighted by Gasteiger charge is 2.06. The third-order valence-electron chi connectivity index (χ3n) is 1.47. The van der Waals surface area contributed by atoms with Crippen LogP contribution in [0.3, 0.4) is 0 Å². The summed E-state index contributed by atoms with van der Waals surface area (Å²) in [5, 5.41) is 10.6. The first-order valence-electron chi connectivity index (χ1n) is 4.20. The van der Waals surface area contributed by atoms with Crippen molar-refractivity contribution in [2.24, 2.45) is 0 Å². The number of thioether (sulfide) groups is 1. The molecule has 0 radical (unpaired) electrons. The van der Waals surface area contributed by atoms with E-state index in [-0.39, 0.29) is 12.1 Å². The third-order valence-corrected chi connectivity index (χ3v) is 2.38. The molecule has 0 aromatic carbocycles. The normalized spacial score (nSPS) is 9.88. The number of rotatable bonds is 5. The molecular weight excluding hydrogens is 240 g/mol. The average molecular weight is 247 g/mol. The Morgan fingerprint density at radius 1 is 1.50 bits per heavy atom. The molecule has 0 N–H and O–H groups in total. The van der Waals surface area contributed by atoms with Crippen molar-refractivity contribution in [3.8, 4) is 0 Å². The Balaban J connectivity index is 2.44. The Morgan fingerprint density at radius 2 is 2.12 bits per heavy atom. The number of halogens is 2. The molecule has 0 fully saturated rings. The summed E-state index contributed by atoms with van der Waals surface area (Å²) >= 11 is 1.16. The molecule has 5 nitrogen and oxygen atoms in total. The van der Waals surface area contributed by atoms with Crippen LogP contribution < -0.4 is 0 Å². The van der Waals surface area contributed by atoms with E-state index in [4.69, 9.17) is 0 Å². The van der Waals surface area contributed by atoms with Gasteiger partial charge in [0.15, 0.2) is 5.16 Å². The van der Waals surface area contributed by atoms with Gasteiger partial charge in [-0.1, -0.05) is 11.8 Å². The molecule has 1 heterocycles. The molecule has 0 aliphatic heterocycles. The Bertz CT molecular complexity index is 393. The van der Waals surface area contributed by atoms with Crippen LogP contribution >= 0.6 is 11.8 Å². The van der Waals surface area contributed by atoms with Crippen molar-refractivity contribution in [1.29, 1.82) is 0 Å². The first kappa shape index (κ1) is 12.5. The van der Waals surface area contributed by atoms with Crippen molar-refractivity contribution in [1.82, 2.24) is 9.97 Å². The van der Waals surface area contributed by atoms with Crippen molar-refractivity contribution < 1.29 is 13.7 Å². The van der Waals surface area contributed by atoms with Crippen molar-refractivity contribution in [2.75, 3.05) is 5.75 Å². The number of hydrogen-bond donors (Lipinski definition) is 0. The minimum atomic E-state index is -1.72. The van der Waals surface area contributed by atoms with Crippen LogP contribution in [0.2, 0.25) is 0 Å². The molecule has 0 atom stereocenters. The topological polar surface area (TPSA) is 68.9 Å². The number of aromatic nitrogens is 2. The summed E-state index contributed by atoms with van der Waals surface area (Å²) in [6.07, 6.45) is 1.46. The molecule has 8 heteroatoms. The average Bonchev–Trinajstić information content (AvgIpc) is 2.25. The van der Waals surface area contributed by atoms with Gasteiger partial charge in [-0.05, 0) is 12.5 Å². The maximum atomic E-state index is 11.6. The van der Waals surface area contributed by atoms with E-state index in [1.54, 1.807) is 0 Å². The fourth-order valence-corrected chi connectivity index (χ4v) is 1.47. The zero-order chi connectivity index (χ0) is 12.0. The van der Waals surface area contributed by atoms with Gasteiger partial charge in [0.1, 0.15) is 12.4 Å². The number of hydrogen-bond acceptors (Lipinski definition) is 5. The number of allylic oxidation sites excluding steroid dienone is 1. The van der Waals surface area contributed by atoms with Gasteiger partial charge >= 0.3 is 5.69 Å². The fourth-order valence-electron chi connectivity index (χ4n) is 0.796. The predicted octanol–water partition coefficient (Wildman–Crippen LogP) is 2.65. The predicted molar refractivity (Wildman–Crippen MR) is 54.3 cm³/mol. The molecule has 0 bridgehead atoms. The second-order valence-electron chi connectivity index (χ2n) is 2.61. The molecule has 0 aliphatic carbocycles. The van der Waals surface area contributed by atoms with Gasteiger partial charge in [-0.2, -0.15) is 8.78 Å². The molecule has 1 aromatic rings. The van der Waals surface area contributed by atoms with E-state index in [1.807, 2.05) is 0 Å². The van der Waals surface area contributed by atoms with E-state index < -0.39 is 11.0 Å². The Kier molecular flexibility index (Phi) is 4.77. The SMILES string of the molecule is O=[N+]([O-])c1cnc(SCCC=C(F)F)nc1. The lowest BCUT2D eigenvalue weighted by Crippen LogP contribution is -1.92. The lowest BCUT2D eigenvalue weighted by molar-refractivity contribution is -0.385. The molecular formula is C8H7F2N3O2S. The van der Waals surface area contributed by atoms with Gasteiger partial charge in [-0.3, -0.25) is 10.1 Å². The molecule has 16 heavy (non-hydrogen) atoms. The first-order chi connectivity index (χ1) is 7.59. The van der Waals surface area contributed by atoms with Gasteiger partial charge in [-0.15, -0.1) is 0 Å². The zero-order valence-electron chi connectivity index (χ0n) is 7.97. The van der Waals surface area contributed by atoms with Crippen LogP contribution in [0.25, 0.3) is 0 Å². The molecule has 0 unspecified atom stereocenters. The quantitative estimate of drug-likeness (QED) is 0.263. The summed E-state index contributed by atoms with van der Waals surface area (Å²) in [4.78, 5) is 17.1. The van der Waals surface area contributed by atoms with Crippen molar-refractivity contribution in [3.05, 3.63) is 34.7 Å². The van der Waals surface area contributed by atoms with Crippen LogP contribution in [0, 0.1) is 10.1 Å². The van der Waals surface area contributed by atoms with Crippen molar-refractivity contribution >= 4 is 17.4 Å². The Morgan fingerprint density at radius 3 is 2.62 bits per heavy atom. The Labute approximate surface area is 93.7 Å². The summed E-state index contributed by atoms with van der Waals surface area (Å²) < 4.78 is 23.3. The van der Waals surface area contributed by atoms with Crippen LogP contribution in [-0.4, -0.2) is 20.6 Å². The Hall–Kier alpha value is -1.57. The summed E-state index contributed by atoms with van der Waals surface area (Å²) in [6, 6.07) is 0. The van der Waals surface area contributed by atoms with E-state index in [9.17, 15) is 18.9 Å². The van der Waals surface area contributed by atoms with E-state index in [1.165, 1.54) is 0 Å². The van der Waals surface area contributed by atoms with E-state index in [0.717, 1.165) is 30.2 Å². The van der Waals surface area contributed by atoms with Gasteiger partial charge in [0, 0.05) is 5.75 Å². The van der Waals surface area contributed by atoms with Crippen LogP contribution in [0.4, 0.5) is 14.5 Å². The third kappa shape index (κ3) is 4.30. The molecule has 1 aromatic heterocycles. The molecule has 86 valence electrons. The highest BCUT2D eigenvalue weighted by Crippen LogP contribution is 2.16. The summed E-state index contributed by atoms with van der Waals surface area (Å²) in [6.45, 7) is 0. The monoisotopic (exact) mass is 247 g/mol. The van der Waals surface area contributed by atoms with Gasteiger partial charge in [0.25, 0.3) is 6.08 Å². The minimum absolute atomic E-state index is 0.195. The number of nitro groups is 1. The molecule has 0 saturated heterocycles. The van der Waals surface area contributed by atoms with Crippen LogP contribution in [0.5, 0.6) is 0 Å². The van der Waals surface area contributed by atoms with Gasteiger partial charge in [-0.25, -0.2) is 9.97 Å². The van der Waals surface area contributed by atoms with Gasteiger partial charge in [0.2, 0.25) is 0 Å². The maximum absolute atomic E-state index is 11.6. The van der Waals surface area contributed by atoms with E-state index in [0.29, 0.717) is 10.9 Å². The standard InChI is InChI=1S/C8H7F2N3O2S/c9-7(10)2-1-3-16-8-11-4-6(5-12-8)13(14)15/h2,4-5H,1,3H2. The van der Waals surface area contributed by atoms with Crippen molar-refractivity contribution in [3.63, 3.8) is 0 Å². The van der Waals surface area contributed by atoms with Crippen molar-refractivity contribution in [2.45, 2.75) is 11.6 Å². The summed E-state index contributed by atoms with van der Waals surface area (Å²) in [5.74, 6) is 0.398. The molecule has 0 aliphatic rings. The molecule has 0 amide bonds. The van der Waals surface area contributed by atoms with Crippen LogP contribution in [-0.2, 0) is 0 Å². The zero-order valence-corrected chi connectivity index (χ0v) is 8.79. The summed E-state index contributed by atoms with van der Waals surface area (Å²) in [7, 11) is 0. The molecule has 1 rings (SSSR count). The number of nitrogens with zero attached hydrogens (tertiary/aromatic N) is 3. The second kappa shape index (κ2) is 6.11. The largest absolute Gasteiger partial charge is 0.305 e. The smallest absolute Gasteiger partial charge is 0.258 e. The first-order valence-corrected chi connectivity index (χ1v) is 5.18. The lowest BCUT2D eigenvalue weighted by atomic mass is 10.5. The van der Waals surface area contributed by atoms with Crippen LogP contribution in [0.1, 0.15) is 6.42 Å². The lowest BCUT2D eigenvalue weighted by Gasteiger charge is -1.96. The second-order valence-corrected chi connectivity index (χ2v) is 3.67. The minimum Gasteiger partial charge on any atom is -0.258 e. The van der Waals surface area contributed by atoms with E-state index in [2.05, 4.69) is 9.97 Å². The van der Waals surface area contributed by atoms with Gasteiger partial charge < -0.3 is 0 Å². The van der Waals surface area contributed by atoms with Crippen LogP contribution in [0.15, 0.2) is 29.7 Å². The maximum Gasteiger partial charge on any atom is 0.305 e.